The molecule has 0 saturated carbocycles. The van der Waals surface area contributed by atoms with Crippen LogP contribution in [0.4, 0.5) is 0 Å². The third-order valence-corrected chi connectivity index (χ3v) is 14.8. The minimum absolute atomic E-state index is 0. The van der Waals surface area contributed by atoms with Gasteiger partial charge < -0.3 is 0 Å². The van der Waals surface area contributed by atoms with Gasteiger partial charge in [0.15, 0.2) is 0 Å². The fraction of sp³-hybridized carbons (Fsp3) is 0.414. The van der Waals surface area contributed by atoms with Crippen LogP contribution in [0.1, 0.15) is 93.2 Å². The SMILES string of the molecule is C[C](C)=[Zr]([C]1=CC=CC1)[c]1c(C)c(C(C)C)cc2c1Cc1cc(C)c(C(C)C)cc1-2.Cl.Cl. The molecule has 32 heavy (non-hydrogen) atoms. The number of fused-ring (bicyclic) bond motifs is 3. The predicted molar refractivity (Wildman–Crippen MR) is 145 cm³/mol. The van der Waals surface area contributed by atoms with E-state index in [0.717, 1.165) is 6.42 Å². The average molecular weight is 549 g/mol. The summed E-state index contributed by atoms with van der Waals surface area (Å²) in [6.45, 7) is 18.9. The Morgan fingerprint density at radius 1 is 0.875 bits per heavy atom. The van der Waals surface area contributed by atoms with E-state index < -0.39 is 21.3 Å². The van der Waals surface area contributed by atoms with E-state index in [1.54, 1.807) is 37.6 Å². The van der Waals surface area contributed by atoms with E-state index in [-0.39, 0.29) is 24.8 Å². The van der Waals surface area contributed by atoms with Gasteiger partial charge in [-0.3, -0.25) is 0 Å². The standard InChI is InChI=1S/C21H25.C5H5.C3H6.2ClH.Zr/c1-12(2)18-10-20-16(7-14(18)5)9-17-8-15(6)19(13(3)4)11-21(17)20;1-2-4-5-3-1;1-3-2;;;/h7,10-13H,9H2,1-6H3;1-3H,4H2;1-2H3;2*1H;. The van der Waals surface area contributed by atoms with Crippen molar-refractivity contribution in [2.24, 2.45) is 0 Å². The summed E-state index contributed by atoms with van der Waals surface area (Å²) in [7, 11) is 0. The fourth-order valence-electron chi connectivity index (χ4n) is 5.58. The van der Waals surface area contributed by atoms with Crippen molar-refractivity contribution in [3.8, 4) is 11.1 Å². The minimum atomic E-state index is -2.06. The second kappa shape index (κ2) is 10.7. The molecule has 4 rings (SSSR count). The molecule has 2 aromatic rings. The maximum atomic E-state index is 2.55. The maximum Gasteiger partial charge on any atom is -0.147 e. The Balaban J connectivity index is 0.00000181. The Bertz CT molecular complexity index is 1130. The molecule has 0 saturated heterocycles. The van der Waals surface area contributed by atoms with Crippen LogP contribution in [0.2, 0.25) is 0 Å². The van der Waals surface area contributed by atoms with Crippen molar-refractivity contribution in [1.29, 1.82) is 0 Å². The molecular weight excluding hydrogens is 510 g/mol. The van der Waals surface area contributed by atoms with Crippen molar-refractivity contribution in [3.63, 3.8) is 0 Å². The molecule has 0 spiro atoms. The van der Waals surface area contributed by atoms with E-state index in [9.17, 15) is 0 Å². The quantitative estimate of drug-likeness (QED) is 0.308. The second-order valence-corrected chi connectivity index (χ2v) is 17.2. The van der Waals surface area contributed by atoms with Gasteiger partial charge in [-0.25, -0.2) is 0 Å². The van der Waals surface area contributed by atoms with Crippen LogP contribution < -0.4 is 3.27 Å². The van der Waals surface area contributed by atoms with Crippen molar-refractivity contribution in [2.45, 2.75) is 80.1 Å². The topological polar surface area (TPSA) is 0 Å². The van der Waals surface area contributed by atoms with E-state index in [4.69, 9.17) is 0 Å². The van der Waals surface area contributed by atoms with Gasteiger partial charge in [0.2, 0.25) is 0 Å². The van der Waals surface area contributed by atoms with Crippen LogP contribution in [0, 0.1) is 13.8 Å². The zero-order valence-corrected chi connectivity index (χ0v) is 24.9. The third-order valence-electron chi connectivity index (χ3n) is 6.97. The van der Waals surface area contributed by atoms with Crippen LogP contribution >= 0.6 is 24.8 Å². The molecule has 2 aromatic carbocycles. The van der Waals surface area contributed by atoms with Crippen LogP contribution in [0.5, 0.6) is 0 Å². The van der Waals surface area contributed by atoms with Crippen molar-refractivity contribution in [1.82, 2.24) is 0 Å². The second-order valence-electron chi connectivity index (χ2n) is 10.0. The Hall–Kier alpha value is -0.747. The molecule has 0 bridgehead atoms. The number of halogens is 2. The number of allylic oxidation sites excluding steroid dienone is 4. The van der Waals surface area contributed by atoms with Crippen LogP contribution in [0.3, 0.4) is 0 Å². The Labute approximate surface area is 215 Å². The Kier molecular flexibility index (Phi) is 9.17. The zero-order valence-electron chi connectivity index (χ0n) is 20.8. The smallest absolute Gasteiger partial charge is 0.147 e. The molecule has 0 unspecified atom stereocenters. The number of rotatable bonds is 4. The molecule has 0 fully saturated rings. The first-order valence-electron chi connectivity index (χ1n) is 11.5. The molecule has 0 aliphatic heterocycles. The zero-order chi connectivity index (χ0) is 21.7. The molecule has 0 amide bonds. The van der Waals surface area contributed by atoms with Gasteiger partial charge >= 0.3 is 192 Å². The first-order valence-corrected chi connectivity index (χ1v) is 15.2. The van der Waals surface area contributed by atoms with E-state index in [1.807, 2.05) is 0 Å². The monoisotopic (exact) mass is 546 g/mol. The molecule has 0 atom stereocenters. The molecule has 2 aliphatic carbocycles. The van der Waals surface area contributed by atoms with Crippen molar-refractivity contribution >= 4 is 31.3 Å². The molecule has 2 aliphatic rings. The number of hydrogen-bond acceptors (Lipinski definition) is 0. The summed E-state index contributed by atoms with van der Waals surface area (Å²) in [5.74, 6) is 1.13. The van der Waals surface area contributed by atoms with Gasteiger partial charge in [0.05, 0.1) is 0 Å². The normalized spacial score (nSPS) is 13.5. The molecule has 0 nitrogen and oxygen atoms in total. The predicted octanol–water partition coefficient (Wildman–Crippen LogP) is 8.26. The molecule has 0 aromatic heterocycles. The van der Waals surface area contributed by atoms with Crippen LogP contribution in [0.15, 0.2) is 39.7 Å². The first kappa shape index (κ1) is 27.5. The van der Waals surface area contributed by atoms with E-state index >= 15 is 0 Å². The Morgan fingerprint density at radius 3 is 2.03 bits per heavy atom. The summed E-state index contributed by atoms with van der Waals surface area (Å²) in [6, 6.07) is 7.56. The molecule has 0 radical (unpaired) electrons. The maximum absolute atomic E-state index is 2.55. The fourth-order valence-corrected chi connectivity index (χ4v) is 13.2. The largest absolute Gasteiger partial charge is 0.147 e. The summed E-state index contributed by atoms with van der Waals surface area (Å²) in [5.41, 5.74) is 12.4. The molecule has 0 heterocycles. The van der Waals surface area contributed by atoms with E-state index in [2.05, 4.69) is 91.8 Å². The number of hydrogen-bond donors (Lipinski definition) is 0. The Morgan fingerprint density at radius 2 is 1.50 bits per heavy atom. The van der Waals surface area contributed by atoms with Crippen LogP contribution in [-0.2, 0) is 27.7 Å². The van der Waals surface area contributed by atoms with Gasteiger partial charge in [0.1, 0.15) is 0 Å². The van der Waals surface area contributed by atoms with Crippen molar-refractivity contribution in [3.05, 3.63) is 73.1 Å². The van der Waals surface area contributed by atoms with Gasteiger partial charge in [-0.1, -0.05) is 0 Å². The summed E-state index contributed by atoms with van der Waals surface area (Å²) >= 11 is -2.06. The van der Waals surface area contributed by atoms with Gasteiger partial charge in [-0.05, 0) is 0 Å². The van der Waals surface area contributed by atoms with Crippen LogP contribution in [0.25, 0.3) is 11.1 Å². The van der Waals surface area contributed by atoms with Crippen LogP contribution in [-0.4, -0.2) is 3.21 Å². The molecule has 3 heteroatoms. The third kappa shape index (κ3) is 4.73. The summed E-state index contributed by atoms with van der Waals surface area (Å²) in [4.78, 5) is 0. The van der Waals surface area contributed by atoms with Gasteiger partial charge in [0, 0.05) is 0 Å². The van der Waals surface area contributed by atoms with E-state index in [1.165, 1.54) is 23.1 Å². The molecular formula is C29H38Cl2Zr. The summed E-state index contributed by atoms with van der Waals surface area (Å²) in [6.07, 6.45) is 9.38. The number of benzene rings is 2. The van der Waals surface area contributed by atoms with Crippen molar-refractivity contribution in [2.75, 3.05) is 0 Å². The average Bonchev–Trinajstić information content (AvgIpc) is 3.29. The number of aryl methyl sites for hydroxylation is 1. The summed E-state index contributed by atoms with van der Waals surface area (Å²) < 4.78 is 5.24. The molecule has 0 N–H and O–H groups in total. The van der Waals surface area contributed by atoms with Gasteiger partial charge in [0.25, 0.3) is 0 Å². The van der Waals surface area contributed by atoms with E-state index in [0.29, 0.717) is 11.8 Å². The first-order chi connectivity index (χ1) is 14.2. The summed E-state index contributed by atoms with van der Waals surface area (Å²) in [5, 5.41) is 0. The minimum Gasteiger partial charge on any atom is -0.147 e. The van der Waals surface area contributed by atoms with Gasteiger partial charge in [-0.15, -0.1) is 24.8 Å². The molecule has 172 valence electrons. The van der Waals surface area contributed by atoms with Crippen molar-refractivity contribution < 1.29 is 21.3 Å². The van der Waals surface area contributed by atoms with Gasteiger partial charge in [-0.2, -0.15) is 0 Å².